The van der Waals surface area contributed by atoms with Crippen molar-refractivity contribution in [2.75, 3.05) is 25.0 Å². The molecule has 0 bridgehead atoms. The van der Waals surface area contributed by atoms with Gasteiger partial charge in [0.25, 0.3) is 5.91 Å². The van der Waals surface area contributed by atoms with E-state index in [2.05, 4.69) is 36.2 Å². The largest absolute Gasteiger partial charge is 0.360 e. The second-order valence-corrected chi connectivity index (χ2v) is 7.63. The van der Waals surface area contributed by atoms with Crippen molar-refractivity contribution in [3.63, 3.8) is 0 Å². The second-order valence-electron chi connectivity index (χ2n) is 6.71. The molecule has 1 aliphatic rings. The number of rotatable bonds is 6. The third-order valence-corrected chi connectivity index (χ3v) is 5.32. The zero-order valence-corrected chi connectivity index (χ0v) is 16.1. The first kappa shape index (κ1) is 17.3. The van der Waals surface area contributed by atoms with Crippen molar-refractivity contribution in [3.05, 3.63) is 46.7 Å². The Bertz CT molecular complexity index is 910. The number of benzene rings is 1. The monoisotopic (exact) mass is 415 g/mol. The van der Waals surface area contributed by atoms with Crippen molar-refractivity contribution in [3.8, 4) is 0 Å². The third-order valence-electron chi connectivity index (χ3n) is 4.83. The molecule has 1 aromatic carbocycles. The number of nitrogens with one attached hydrogen (secondary N) is 2. The summed E-state index contributed by atoms with van der Waals surface area (Å²) in [5.41, 5.74) is 1.55. The summed E-state index contributed by atoms with van der Waals surface area (Å²) in [4.78, 5) is 18.2. The van der Waals surface area contributed by atoms with Gasteiger partial charge in [-0.25, -0.2) is 0 Å². The van der Waals surface area contributed by atoms with Gasteiger partial charge in [0.2, 0.25) is 0 Å². The SMILES string of the molecule is O=C(Nc1ccn(CCCN2CCCC2)n1)c1c[nH]c2ccc(Br)cc12. The first-order chi connectivity index (χ1) is 12.7. The predicted molar refractivity (Wildman–Crippen MR) is 106 cm³/mol. The van der Waals surface area contributed by atoms with Crippen LogP contribution in [0.4, 0.5) is 5.82 Å². The van der Waals surface area contributed by atoms with E-state index in [4.69, 9.17) is 0 Å². The number of amides is 1. The van der Waals surface area contributed by atoms with Gasteiger partial charge in [-0.1, -0.05) is 15.9 Å². The van der Waals surface area contributed by atoms with E-state index in [-0.39, 0.29) is 5.91 Å². The Balaban J connectivity index is 1.37. The van der Waals surface area contributed by atoms with E-state index < -0.39 is 0 Å². The molecule has 1 saturated heterocycles. The van der Waals surface area contributed by atoms with Crippen molar-refractivity contribution in [1.29, 1.82) is 0 Å². The Labute approximate surface area is 160 Å². The van der Waals surface area contributed by atoms with Crippen molar-refractivity contribution in [2.24, 2.45) is 0 Å². The highest BCUT2D eigenvalue weighted by molar-refractivity contribution is 9.10. The highest BCUT2D eigenvalue weighted by Crippen LogP contribution is 2.23. The van der Waals surface area contributed by atoms with Crippen molar-refractivity contribution < 1.29 is 4.79 Å². The molecule has 7 heteroatoms. The molecule has 0 unspecified atom stereocenters. The van der Waals surface area contributed by atoms with E-state index in [0.29, 0.717) is 11.4 Å². The van der Waals surface area contributed by atoms with Crippen LogP contribution in [0, 0.1) is 0 Å². The number of nitrogens with zero attached hydrogens (tertiary/aromatic N) is 3. The van der Waals surface area contributed by atoms with Gasteiger partial charge in [-0.05, 0) is 57.1 Å². The van der Waals surface area contributed by atoms with Crippen LogP contribution in [0.1, 0.15) is 29.6 Å². The van der Waals surface area contributed by atoms with Crippen LogP contribution in [0.3, 0.4) is 0 Å². The lowest BCUT2D eigenvalue weighted by Crippen LogP contribution is -2.21. The number of aromatic nitrogens is 3. The number of halogens is 1. The lowest BCUT2D eigenvalue weighted by Gasteiger charge is -2.13. The van der Waals surface area contributed by atoms with Crippen LogP contribution in [0.2, 0.25) is 0 Å². The number of fused-ring (bicyclic) bond motifs is 1. The van der Waals surface area contributed by atoms with Crippen molar-refractivity contribution in [1.82, 2.24) is 19.7 Å². The summed E-state index contributed by atoms with van der Waals surface area (Å²) in [6.07, 6.45) is 7.38. The average molecular weight is 416 g/mol. The minimum absolute atomic E-state index is 0.156. The molecule has 0 saturated carbocycles. The van der Waals surface area contributed by atoms with E-state index in [1.54, 1.807) is 6.20 Å². The van der Waals surface area contributed by atoms with Gasteiger partial charge in [0.05, 0.1) is 5.56 Å². The van der Waals surface area contributed by atoms with Gasteiger partial charge in [-0.15, -0.1) is 0 Å². The quantitative estimate of drug-likeness (QED) is 0.641. The number of aromatic amines is 1. The maximum absolute atomic E-state index is 12.6. The number of hydrogen-bond acceptors (Lipinski definition) is 3. The summed E-state index contributed by atoms with van der Waals surface area (Å²) < 4.78 is 2.85. The summed E-state index contributed by atoms with van der Waals surface area (Å²) in [6, 6.07) is 7.69. The van der Waals surface area contributed by atoms with Crippen LogP contribution in [0.25, 0.3) is 10.9 Å². The van der Waals surface area contributed by atoms with Crippen LogP contribution in [-0.2, 0) is 6.54 Å². The molecular formula is C19H22BrN5O. The molecule has 4 rings (SSSR count). The molecule has 6 nitrogen and oxygen atoms in total. The van der Waals surface area contributed by atoms with Gasteiger partial charge >= 0.3 is 0 Å². The van der Waals surface area contributed by atoms with Gasteiger partial charge in [-0.3, -0.25) is 9.48 Å². The first-order valence-corrected chi connectivity index (χ1v) is 9.82. The Hall–Kier alpha value is -2.12. The maximum Gasteiger partial charge on any atom is 0.259 e. The molecule has 2 aromatic heterocycles. The smallest absolute Gasteiger partial charge is 0.259 e. The molecule has 2 N–H and O–H groups in total. The topological polar surface area (TPSA) is 66.0 Å². The van der Waals surface area contributed by atoms with E-state index in [1.165, 1.54) is 25.9 Å². The number of anilines is 1. The average Bonchev–Trinajstić information content (AvgIpc) is 3.35. The number of H-pyrrole nitrogens is 1. The molecule has 1 fully saturated rings. The lowest BCUT2D eigenvalue weighted by atomic mass is 10.1. The third kappa shape index (κ3) is 3.83. The Morgan fingerprint density at radius 2 is 2.08 bits per heavy atom. The molecule has 3 heterocycles. The molecule has 3 aromatic rings. The van der Waals surface area contributed by atoms with E-state index in [0.717, 1.165) is 34.9 Å². The molecular weight excluding hydrogens is 394 g/mol. The fourth-order valence-electron chi connectivity index (χ4n) is 3.48. The van der Waals surface area contributed by atoms with Crippen LogP contribution in [-0.4, -0.2) is 45.2 Å². The summed E-state index contributed by atoms with van der Waals surface area (Å²) in [7, 11) is 0. The van der Waals surface area contributed by atoms with Crippen molar-refractivity contribution >= 4 is 38.6 Å². The minimum Gasteiger partial charge on any atom is -0.360 e. The molecule has 0 aliphatic carbocycles. The summed E-state index contributed by atoms with van der Waals surface area (Å²) in [5, 5.41) is 8.25. The van der Waals surface area contributed by atoms with Crippen LogP contribution in [0.5, 0.6) is 0 Å². The predicted octanol–water partition coefficient (Wildman–Crippen LogP) is 3.87. The normalized spacial score (nSPS) is 15.0. The number of carbonyl (C=O) groups is 1. The molecule has 26 heavy (non-hydrogen) atoms. The summed E-state index contributed by atoms with van der Waals surface area (Å²) in [6.45, 7) is 4.43. The fourth-order valence-corrected chi connectivity index (χ4v) is 3.84. The van der Waals surface area contributed by atoms with Crippen LogP contribution < -0.4 is 5.32 Å². The van der Waals surface area contributed by atoms with Crippen LogP contribution >= 0.6 is 15.9 Å². The van der Waals surface area contributed by atoms with E-state index in [9.17, 15) is 4.79 Å². The zero-order chi connectivity index (χ0) is 17.9. The molecule has 136 valence electrons. The Morgan fingerprint density at radius 3 is 2.92 bits per heavy atom. The summed E-state index contributed by atoms with van der Waals surface area (Å²) >= 11 is 3.45. The molecule has 0 spiro atoms. The second kappa shape index (κ2) is 7.63. The number of aryl methyl sites for hydroxylation is 1. The molecule has 1 amide bonds. The molecule has 1 aliphatic heterocycles. The van der Waals surface area contributed by atoms with Crippen molar-refractivity contribution in [2.45, 2.75) is 25.8 Å². The summed E-state index contributed by atoms with van der Waals surface area (Å²) in [5.74, 6) is 0.428. The highest BCUT2D eigenvalue weighted by atomic mass is 79.9. The van der Waals surface area contributed by atoms with Gasteiger partial charge < -0.3 is 15.2 Å². The Morgan fingerprint density at radius 1 is 1.23 bits per heavy atom. The fraction of sp³-hybridized carbons (Fsp3) is 0.368. The number of likely N-dealkylation sites (tertiary alicyclic amines) is 1. The highest BCUT2D eigenvalue weighted by Gasteiger charge is 2.14. The standard InChI is InChI=1S/C19H22BrN5O/c20-14-4-5-17-15(12-14)16(13-21-17)19(26)22-18-6-11-25(23-18)10-3-9-24-7-1-2-8-24/h4-6,11-13,21H,1-3,7-10H2,(H,22,23,26). The molecule has 0 atom stereocenters. The number of hydrogen-bond donors (Lipinski definition) is 2. The van der Waals surface area contributed by atoms with Gasteiger partial charge in [0.15, 0.2) is 5.82 Å². The minimum atomic E-state index is -0.156. The van der Waals surface area contributed by atoms with Crippen LogP contribution in [0.15, 0.2) is 41.1 Å². The van der Waals surface area contributed by atoms with E-state index >= 15 is 0 Å². The first-order valence-electron chi connectivity index (χ1n) is 9.03. The van der Waals surface area contributed by atoms with Gasteiger partial charge in [-0.2, -0.15) is 5.10 Å². The lowest BCUT2D eigenvalue weighted by molar-refractivity contribution is 0.102. The van der Waals surface area contributed by atoms with Gasteiger partial charge in [0.1, 0.15) is 0 Å². The molecule has 0 radical (unpaired) electrons. The van der Waals surface area contributed by atoms with Gasteiger partial charge in [0, 0.05) is 40.4 Å². The maximum atomic E-state index is 12.6. The zero-order valence-electron chi connectivity index (χ0n) is 14.5. The van der Waals surface area contributed by atoms with E-state index in [1.807, 2.05) is 35.1 Å². The number of carbonyl (C=O) groups excluding carboxylic acids is 1. The Kier molecular flexibility index (Phi) is 5.08.